The molecule has 1 N–H and O–H groups in total. The number of amides is 1. The first-order chi connectivity index (χ1) is 9.79. The number of hydrogen-bond acceptors (Lipinski definition) is 1. The minimum Gasteiger partial charge on any atom is -0.349 e. The van der Waals surface area contributed by atoms with Gasteiger partial charge in [0.1, 0.15) is 0 Å². The summed E-state index contributed by atoms with van der Waals surface area (Å²) in [5.74, 6) is 0. The summed E-state index contributed by atoms with van der Waals surface area (Å²) in [6.07, 6.45) is 22.1. The van der Waals surface area contributed by atoms with Crippen LogP contribution in [0.5, 0.6) is 0 Å². The molecule has 0 fully saturated rings. The van der Waals surface area contributed by atoms with Gasteiger partial charge in [0.25, 0.3) is 0 Å². The second kappa shape index (κ2) is 13.3. The van der Waals surface area contributed by atoms with E-state index in [2.05, 4.69) is 18.8 Å². The highest BCUT2D eigenvalue weighted by molar-refractivity contribution is 5.49. The third kappa shape index (κ3) is 8.92. The van der Waals surface area contributed by atoms with Gasteiger partial charge in [0.15, 0.2) is 0 Å². The number of allylic oxidation sites excluding steroid dienone is 9. The number of carbonyl (C=O) groups excluding carboxylic acids is 1. The minimum absolute atomic E-state index is 0.0684. The van der Waals surface area contributed by atoms with Gasteiger partial charge < -0.3 is 5.32 Å². The molecule has 0 spiro atoms. The van der Waals surface area contributed by atoms with E-state index in [4.69, 9.17) is 0 Å². The van der Waals surface area contributed by atoms with E-state index in [1.807, 2.05) is 67.7 Å². The van der Waals surface area contributed by atoms with Crippen molar-refractivity contribution in [3.63, 3.8) is 0 Å². The van der Waals surface area contributed by atoms with Crippen molar-refractivity contribution >= 4 is 6.41 Å². The fraction of sp³-hybridized carbons (Fsp3) is 0.278. The highest BCUT2D eigenvalue weighted by atomic mass is 16.1. The standard InChI is InChI=1S/C18H25NO/c1-4-7-9-11-13-15-18(19-16-20)17(6-3)14-12-10-8-5-2/h4-5,7,9-16,18H,2,6,8H2,1,3H3,(H,19,20)/b7-4-,11-9-,12-10-,15-13+,17-14+. The molecule has 0 aromatic rings. The molecule has 0 saturated heterocycles. The zero-order valence-corrected chi connectivity index (χ0v) is 12.5. The first-order valence-corrected chi connectivity index (χ1v) is 6.92. The summed E-state index contributed by atoms with van der Waals surface area (Å²) in [7, 11) is 0. The van der Waals surface area contributed by atoms with Crippen molar-refractivity contribution in [2.75, 3.05) is 0 Å². The second-order valence-electron chi connectivity index (χ2n) is 4.11. The Balaban J connectivity index is 4.82. The quantitative estimate of drug-likeness (QED) is 0.359. The van der Waals surface area contributed by atoms with Gasteiger partial charge in [-0.15, -0.1) is 6.58 Å². The molecular formula is C18H25NO. The molecule has 0 heterocycles. The largest absolute Gasteiger partial charge is 0.349 e. The molecule has 2 nitrogen and oxygen atoms in total. The van der Waals surface area contributed by atoms with E-state index in [9.17, 15) is 4.79 Å². The van der Waals surface area contributed by atoms with E-state index in [1.165, 1.54) is 0 Å². The molecule has 0 aromatic carbocycles. The normalized spacial score (nSPS) is 14.6. The lowest BCUT2D eigenvalue weighted by Crippen LogP contribution is -2.27. The Morgan fingerprint density at radius 2 is 1.95 bits per heavy atom. The molecule has 0 aliphatic carbocycles. The summed E-state index contributed by atoms with van der Waals surface area (Å²) in [4.78, 5) is 10.7. The molecule has 0 saturated carbocycles. The van der Waals surface area contributed by atoms with Crippen molar-refractivity contribution < 1.29 is 4.79 Å². The van der Waals surface area contributed by atoms with Gasteiger partial charge in [-0.1, -0.05) is 67.7 Å². The Labute approximate surface area is 123 Å². The van der Waals surface area contributed by atoms with Crippen LogP contribution in [0.2, 0.25) is 0 Å². The molecule has 1 atom stereocenters. The van der Waals surface area contributed by atoms with E-state index >= 15 is 0 Å². The van der Waals surface area contributed by atoms with Crippen molar-refractivity contribution in [2.24, 2.45) is 0 Å². The number of rotatable bonds is 10. The number of carbonyl (C=O) groups is 1. The lowest BCUT2D eigenvalue weighted by molar-refractivity contribution is -0.109. The van der Waals surface area contributed by atoms with Crippen LogP contribution in [0.1, 0.15) is 26.7 Å². The van der Waals surface area contributed by atoms with Crippen LogP contribution >= 0.6 is 0 Å². The molecule has 1 amide bonds. The van der Waals surface area contributed by atoms with Crippen LogP contribution in [-0.2, 0) is 4.79 Å². The van der Waals surface area contributed by atoms with Gasteiger partial charge in [0, 0.05) is 0 Å². The first-order valence-electron chi connectivity index (χ1n) is 6.92. The van der Waals surface area contributed by atoms with E-state index in [1.54, 1.807) is 0 Å². The van der Waals surface area contributed by atoms with Crippen molar-refractivity contribution in [2.45, 2.75) is 32.7 Å². The van der Waals surface area contributed by atoms with Crippen LogP contribution in [0.15, 0.2) is 72.9 Å². The maximum Gasteiger partial charge on any atom is 0.207 e. The topological polar surface area (TPSA) is 29.1 Å². The third-order valence-corrected chi connectivity index (χ3v) is 2.63. The summed E-state index contributed by atoms with van der Waals surface area (Å²) >= 11 is 0. The van der Waals surface area contributed by atoms with Crippen molar-refractivity contribution in [3.8, 4) is 0 Å². The van der Waals surface area contributed by atoms with Crippen LogP contribution in [0.25, 0.3) is 0 Å². The van der Waals surface area contributed by atoms with E-state index < -0.39 is 0 Å². The Morgan fingerprint density at radius 1 is 1.20 bits per heavy atom. The maximum atomic E-state index is 10.7. The summed E-state index contributed by atoms with van der Waals surface area (Å²) in [6, 6.07) is -0.0684. The summed E-state index contributed by atoms with van der Waals surface area (Å²) in [6.45, 7) is 7.72. The first kappa shape index (κ1) is 17.9. The lowest BCUT2D eigenvalue weighted by atomic mass is 10.0. The maximum absolute atomic E-state index is 10.7. The van der Waals surface area contributed by atoms with Gasteiger partial charge in [-0.25, -0.2) is 0 Å². The van der Waals surface area contributed by atoms with Gasteiger partial charge in [0.05, 0.1) is 6.04 Å². The fourth-order valence-electron chi connectivity index (χ4n) is 1.58. The average molecular weight is 271 g/mol. The summed E-state index contributed by atoms with van der Waals surface area (Å²) in [5, 5.41) is 2.82. The van der Waals surface area contributed by atoms with Gasteiger partial charge in [-0.2, -0.15) is 0 Å². The summed E-state index contributed by atoms with van der Waals surface area (Å²) in [5.41, 5.74) is 1.16. The van der Waals surface area contributed by atoms with Gasteiger partial charge >= 0.3 is 0 Å². The van der Waals surface area contributed by atoms with Crippen LogP contribution in [0.4, 0.5) is 0 Å². The predicted molar refractivity (Wildman–Crippen MR) is 88.4 cm³/mol. The predicted octanol–water partition coefficient (Wildman–Crippen LogP) is 4.26. The SMILES string of the molecule is C=CC/C=C\C=C(/CC)C(/C=C/C=C\C=C/C)NC=O. The Bertz CT molecular complexity index is 411. The highest BCUT2D eigenvalue weighted by Gasteiger charge is 2.06. The van der Waals surface area contributed by atoms with Gasteiger partial charge in [0.2, 0.25) is 6.41 Å². The van der Waals surface area contributed by atoms with Crippen molar-refractivity contribution in [1.82, 2.24) is 5.32 Å². The molecule has 0 aromatic heterocycles. The number of hydrogen-bond donors (Lipinski definition) is 1. The van der Waals surface area contributed by atoms with E-state index in [0.717, 1.165) is 24.8 Å². The van der Waals surface area contributed by atoms with Gasteiger partial charge in [-0.3, -0.25) is 4.79 Å². The zero-order chi connectivity index (χ0) is 15.1. The van der Waals surface area contributed by atoms with Crippen LogP contribution in [-0.4, -0.2) is 12.5 Å². The molecule has 0 bridgehead atoms. The van der Waals surface area contributed by atoms with Crippen LogP contribution < -0.4 is 5.32 Å². The smallest absolute Gasteiger partial charge is 0.207 e. The molecule has 20 heavy (non-hydrogen) atoms. The molecule has 0 radical (unpaired) electrons. The van der Waals surface area contributed by atoms with Gasteiger partial charge in [-0.05, 0) is 25.3 Å². The monoisotopic (exact) mass is 271 g/mol. The number of nitrogens with one attached hydrogen (secondary N) is 1. The molecule has 1 unspecified atom stereocenters. The fourth-order valence-corrected chi connectivity index (χ4v) is 1.58. The molecule has 0 aliphatic heterocycles. The minimum atomic E-state index is -0.0684. The van der Waals surface area contributed by atoms with E-state index in [-0.39, 0.29) is 6.04 Å². The third-order valence-electron chi connectivity index (χ3n) is 2.63. The lowest BCUT2D eigenvalue weighted by Gasteiger charge is -2.14. The summed E-state index contributed by atoms with van der Waals surface area (Å²) < 4.78 is 0. The Kier molecular flexibility index (Phi) is 11.9. The average Bonchev–Trinajstić information content (AvgIpc) is 2.46. The molecule has 0 aliphatic rings. The highest BCUT2D eigenvalue weighted by Crippen LogP contribution is 2.09. The van der Waals surface area contributed by atoms with E-state index in [0.29, 0.717) is 0 Å². The van der Waals surface area contributed by atoms with Crippen LogP contribution in [0.3, 0.4) is 0 Å². The molecule has 2 heteroatoms. The van der Waals surface area contributed by atoms with Crippen LogP contribution in [0, 0.1) is 0 Å². The second-order valence-corrected chi connectivity index (χ2v) is 4.11. The van der Waals surface area contributed by atoms with Crippen molar-refractivity contribution in [1.29, 1.82) is 0 Å². The zero-order valence-electron chi connectivity index (χ0n) is 12.5. The molecule has 108 valence electrons. The Hall–Kier alpha value is -2.09. The molecular weight excluding hydrogens is 246 g/mol. The molecule has 0 rings (SSSR count). The van der Waals surface area contributed by atoms with Crippen molar-refractivity contribution in [3.05, 3.63) is 72.9 Å². The Morgan fingerprint density at radius 3 is 2.55 bits per heavy atom.